The molecule has 1 N–H and O–H groups in total. The summed E-state index contributed by atoms with van der Waals surface area (Å²) in [4.78, 5) is 0. The van der Waals surface area contributed by atoms with E-state index in [9.17, 15) is 0 Å². The molecule has 0 aliphatic carbocycles. The lowest BCUT2D eigenvalue weighted by Gasteiger charge is -1.96. The molecule has 0 saturated heterocycles. The van der Waals surface area contributed by atoms with Gasteiger partial charge in [0.15, 0.2) is 5.76 Å². The van der Waals surface area contributed by atoms with Crippen LogP contribution in [0, 0.1) is 0 Å². The maximum absolute atomic E-state index is 5.33. The lowest BCUT2D eigenvalue weighted by Crippen LogP contribution is -2.04. The molecule has 14 heavy (non-hydrogen) atoms. The van der Waals surface area contributed by atoms with Gasteiger partial charge in [-0.2, -0.15) is 0 Å². The fourth-order valence-corrected chi connectivity index (χ4v) is 1.03. The van der Waals surface area contributed by atoms with E-state index in [0.717, 1.165) is 24.4 Å². The Kier molecular flexibility index (Phi) is 4.96. The minimum absolute atomic E-state index is 0.477. The molecule has 0 unspecified atom stereocenters. The van der Waals surface area contributed by atoms with Crippen molar-refractivity contribution in [3.05, 3.63) is 30.2 Å². The Morgan fingerprint density at radius 1 is 1.71 bits per heavy atom. The molecule has 1 heterocycles. The molecule has 1 aromatic rings. The second-order valence-corrected chi connectivity index (χ2v) is 2.94. The third-order valence-electron chi connectivity index (χ3n) is 1.68. The Balaban J connectivity index is 2.25. The van der Waals surface area contributed by atoms with Crippen molar-refractivity contribution in [1.82, 2.24) is 10.5 Å². The Morgan fingerprint density at radius 2 is 2.57 bits per heavy atom. The van der Waals surface area contributed by atoms with Gasteiger partial charge in [0.25, 0.3) is 0 Å². The number of hydrogen-bond donors (Lipinski definition) is 1. The summed E-state index contributed by atoms with van der Waals surface area (Å²) in [6.07, 6.45) is 2.68. The third kappa shape index (κ3) is 3.72. The van der Waals surface area contributed by atoms with Gasteiger partial charge in [0, 0.05) is 12.6 Å². The largest absolute Gasteiger partial charge is 0.373 e. The molecule has 1 aromatic heterocycles. The summed E-state index contributed by atoms with van der Waals surface area (Å²) in [6.45, 7) is 5.48. The van der Waals surface area contributed by atoms with E-state index in [0.29, 0.717) is 13.2 Å². The van der Waals surface area contributed by atoms with Gasteiger partial charge in [0.2, 0.25) is 0 Å². The summed E-state index contributed by atoms with van der Waals surface area (Å²) < 4.78 is 10.4. The fraction of sp³-hybridized carbons (Fsp3) is 0.500. The highest BCUT2D eigenvalue weighted by molar-refractivity contribution is 5.03. The van der Waals surface area contributed by atoms with E-state index in [1.54, 1.807) is 0 Å². The van der Waals surface area contributed by atoms with E-state index in [2.05, 4.69) is 17.1 Å². The van der Waals surface area contributed by atoms with E-state index in [-0.39, 0.29) is 0 Å². The number of ether oxygens (including phenoxy) is 1. The SMILES string of the molecule is C=CCCOCc1cc(CNC)no1. The first-order valence-electron chi connectivity index (χ1n) is 4.64. The van der Waals surface area contributed by atoms with Crippen molar-refractivity contribution in [2.75, 3.05) is 13.7 Å². The summed E-state index contributed by atoms with van der Waals surface area (Å²) in [5, 5.41) is 6.86. The van der Waals surface area contributed by atoms with Gasteiger partial charge in [-0.15, -0.1) is 6.58 Å². The van der Waals surface area contributed by atoms with E-state index in [1.165, 1.54) is 0 Å². The maximum Gasteiger partial charge on any atom is 0.162 e. The third-order valence-corrected chi connectivity index (χ3v) is 1.68. The van der Waals surface area contributed by atoms with Crippen molar-refractivity contribution in [3.8, 4) is 0 Å². The van der Waals surface area contributed by atoms with Crippen LogP contribution in [0.5, 0.6) is 0 Å². The molecule has 0 saturated carbocycles. The topological polar surface area (TPSA) is 47.3 Å². The Hall–Kier alpha value is -1.13. The molecule has 0 bridgehead atoms. The molecule has 0 aliphatic rings. The minimum Gasteiger partial charge on any atom is -0.373 e. The number of nitrogens with zero attached hydrogens (tertiary/aromatic N) is 1. The van der Waals surface area contributed by atoms with Crippen LogP contribution >= 0.6 is 0 Å². The van der Waals surface area contributed by atoms with Crippen molar-refractivity contribution in [3.63, 3.8) is 0 Å². The quantitative estimate of drug-likeness (QED) is 0.530. The summed E-state index contributed by atoms with van der Waals surface area (Å²) in [7, 11) is 1.87. The Morgan fingerprint density at radius 3 is 3.29 bits per heavy atom. The standard InChI is InChI=1S/C10H16N2O2/c1-3-4-5-13-8-10-6-9(7-11-2)12-14-10/h3,6,11H,1,4-5,7-8H2,2H3. The van der Waals surface area contributed by atoms with Gasteiger partial charge in [-0.05, 0) is 13.5 Å². The predicted molar refractivity (Wildman–Crippen MR) is 53.7 cm³/mol. The molecule has 4 nitrogen and oxygen atoms in total. The van der Waals surface area contributed by atoms with Crippen LogP contribution in [0.3, 0.4) is 0 Å². The molecule has 0 radical (unpaired) electrons. The number of nitrogens with one attached hydrogen (secondary N) is 1. The highest BCUT2D eigenvalue weighted by Gasteiger charge is 2.02. The van der Waals surface area contributed by atoms with Crippen LogP contribution in [-0.4, -0.2) is 18.8 Å². The van der Waals surface area contributed by atoms with Crippen molar-refractivity contribution in [1.29, 1.82) is 0 Å². The van der Waals surface area contributed by atoms with E-state index >= 15 is 0 Å². The van der Waals surface area contributed by atoms with Crippen LogP contribution in [-0.2, 0) is 17.9 Å². The molecule has 0 spiro atoms. The monoisotopic (exact) mass is 196 g/mol. The van der Waals surface area contributed by atoms with Crippen LogP contribution in [0.25, 0.3) is 0 Å². The van der Waals surface area contributed by atoms with Crippen LogP contribution in [0.4, 0.5) is 0 Å². The fourth-order valence-electron chi connectivity index (χ4n) is 1.03. The molecule has 0 atom stereocenters. The smallest absolute Gasteiger partial charge is 0.162 e. The molecular formula is C10H16N2O2. The van der Waals surface area contributed by atoms with Crippen LogP contribution in [0.15, 0.2) is 23.2 Å². The zero-order valence-corrected chi connectivity index (χ0v) is 8.45. The number of hydrogen-bond acceptors (Lipinski definition) is 4. The number of rotatable bonds is 7. The molecule has 0 amide bonds. The van der Waals surface area contributed by atoms with Crippen LogP contribution < -0.4 is 5.32 Å². The predicted octanol–water partition coefficient (Wildman–Crippen LogP) is 1.49. The normalized spacial score (nSPS) is 10.4. The van der Waals surface area contributed by atoms with Gasteiger partial charge in [0.05, 0.1) is 12.3 Å². The van der Waals surface area contributed by atoms with Gasteiger partial charge in [0.1, 0.15) is 6.61 Å². The number of aromatic nitrogens is 1. The van der Waals surface area contributed by atoms with E-state index in [4.69, 9.17) is 9.26 Å². The molecular weight excluding hydrogens is 180 g/mol. The lowest BCUT2D eigenvalue weighted by molar-refractivity contribution is 0.105. The van der Waals surface area contributed by atoms with E-state index in [1.807, 2.05) is 19.2 Å². The zero-order chi connectivity index (χ0) is 10.2. The van der Waals surface area contributed by atoms with Gasteiger partial charge in [-0.25, -0.2) is 0 Å². The van der Waals surface area contributed by atoms with Crippen molar-refractivity contribution in [2.45, 2.75) is 19.6 Å². The van der Waals surface area contributed by atoms with E-state index < -0.39 is 0 Å². The van der Waals surface area contributed by atoms with Crippen molar-refractivity contribution < 1.29 is 9.26 Å². The first-order valence-corrected chi connectivity index (χ1v) is 4.64. The molecule has 1 rings (SSSR count). The summed E-state index contributed by atoms with van der Waals surface area (Å²) in [5.74, 6) is 0.763. The maximum atomic E-state index is 5.33. The molecule has 4 heteroatoms. The summed E-state index contributed by atoms with van der Waals surface area (Å²) >= 11 is 0. The Labute approximate surface area is 83.9 Å². The second kappa shape index (κ2) is 6.34. The summed E-state index contributed by atoms with van der Waals surface area (Å²) in [5.41, 5.74) is 0.898. The highest BCUT2D eigenvalue weighted by Crippen LogP contribution is 2.04. The molecule has 0 aromatic carbocycles. The van der Waals surface area contributed by atoms with Gasteiger partial charge in [-0.1, -0.05) is 11.2 Å². The van der Waals surface area contributed by atoms with Crippen molar-refractivity contribution >= 4 is 0 Å². The van der Waals surface area contributed by atoms with Crippen LogP contribution in [0.2, 0.25) is 0 Å². The molecule has 78 valence electrons. The van der Waals surface area contributed by atoms with Gasteiger partial charge in [-0.3, -0.25) is 0 Å². The summed E-state index contributed by atoms with van der Waals surface area (Å²) in [6, 6.07) is 1.89. The van der Waals surface area contributed by atoms with Gasteiger partial charge >= 0.3 is 0 Å². The first-order chi connectivity index (χ1) is 6.86. The van der Waals surface area contributed by atoms with Crippen molar-refractivity contribution in [2.24, 2.45) is 0 Å². The molecule has 0 fully saturated rings. The highest BCUT2D eigenvalue weighted by atomic mass is 16.5. The lowest BCUT2D eigenvalue weighted by atomic mass is 10.3. The first kappa shape index (κ1) is 10.9. The minimum atomic E-state index is 0.477. The zero-order valence-electron chi connectivity index (χ0n) is 8.45. The average molecular weight is 196 g/mol. The molecule has 0 aliphatic heterocycles. The Bertz CT molecular complexity index is 271. The average Bonchev–Trinajstić information content (AvgIpc) is 2.61. The van der Waals surface area contributed by atoms with Gasteiger partial charge < -0.3 is 14.6 Å². The second-order valence-electron chi connectivity index (χ2n) is 2.94. The van der Waals surface area contributed by atoms with Crippen LogP contribution in [0.1, 0.15) is 17.9 Å².